The van der Waals surface area contributed by atoms with Crippen LogP contribution in [0.15, 0.2) is 60.2 Å². The largest absolute Gasteiger partial charge is 0.497 e. The molecule has 2 aromatic carbocycles. The van der Waals surface area contributed by atoms with Crippen LogP contribution >= 0.6 is 0 Å². The van der Waals surface area contributed by atoms with E-state index in [0.29, 0.717) is 22.7 Å². The average molecular weight is 415 g/mol. The average Bonchev–Trinajstić information content (AvgIpc) is 3.05. The molecule has 1 amide bonds. The molecule has 0 spiro atoms. The number of carbonyl (C=O) groups excluding carboxylic acids is 1. The van der Waals surface area contributed by atoms with Gasteiger partial charge in [-0.2, -0.15) is 5.26 Å². The highest BCUT2D eigenvalue weighted by molar-refractivity contribution is 6.09. The van der Waals surface area contributed by atoms with Gasteiger partial charge in [0.25, 0.3) is 5.91 Å². The van der Waals surface area contributed by atoms with Gasteiger partial charge in [-0.25, -0.2) is 4.79 Å². The van der Waals surface area contributed by atoms with Gasteiger partial charge in [-0.05, 0) is 74.0 Å². The van der Waals surface area contributed by atoms with Crippen LogP contribution in [0.5, 0.6) is 5.75 Å². The van der Waals surface area contributed by atoms with Gasteiger partial charge >= 0.3 is 5.97 Å². The monoisotopic (exact) mass is 415 g/mol. The van der Waals surface area contributed by atoms with E-state index >= 15 is 0 Å². The van der Waals surface area contributed by atoms with Crippen molar-refractivity contribution < 1.29 is 19.4 Å². The lowest BCUT2D eigenvalue weighted by molar-refractivity contribution is -0.112. The van der Waals surface area contributed by atoms with Crippen molar-refractivity contribution in [3.63, 3.8) is 0 Å². The van der Waals surface area contributed by atoms with Crippen molar-refractivity contribution in [3.8, 4) is 17.5 Å². The van der Waals surface area contributed by atoms with Crippen LogP contribution in [0.1, 0.15) is 27.3 Å². The van der Waals surface area contributed by atoms with E-state index in [1.807, 2.05) is 36.6 Å². The van der Waals surface area contributed by atoms with E-state index in [1.165, 1.54) is 12.1 Å². The molecule has 0 fully saturated rings. The number of hydrogen-bond donors (Lipinski definition) is 2. The van der Waals surface area contributed by atoms with E-state index in [0.717, 1.165) is 11.4 Å². The van der Waals surface area contributed by atoms with Crippen molar-refractivity contribution >= 4 is 23.6 Å². The summed E-state index contributed by atoms with van der Waals surface area (Å²) < 4.78 is 6.98. The highest BCUT2D eigenvalue weighted by Crippen LogP contribution is 2.24. The van der Waals surface area contributed by atoms with E-state index in [4.69, 9.17) is 4.74 Å². The molecule has 0 atom stereocenters. The molecule has 0 bridgehead atoms. The number of benzene rings is 2. The molecule has 3 aromatic rings. The fraction of sp³-hybridized carbons (Fsp3) is 0.125. The van der Waals surface area contributed by atoms with Gasteiger partial charge in [-0.15, -0.1) is 0 Å². The number of aromatic nitrogens is 1. The molecule has 0 saturated heterocycles. The summed E-state index contributed by atoms with van der Waals surface area (Å²) in [4.78, 5) is 23.9. The molecule has 156 valence electrons. The molecule has 1 heterocycles. The minimum atomic E-state index is -1.01. The molecule has 0 radical (unpaired) electrons. The maximum Gasteiger partial charge on any atom is 0.335 e. The minimum Gasteiger partial charge on any atom is -0.497 e. The molecule has 3 rings (SSSR count). The number of carboxylic acids is 1. The Kier molecular flexibility index (Phi) is 6.22. The Morgan fingerprint density at radius 1 is 1.13 bits per heavy atom. The highest BCUT2D eigenvalue weighted by atomic mass is 16.5. The lowest BCUT2D eigenvalue weighted by Gasteiger charge is -2.10. The van der Waals surface area contributed by atoms with E-state index in [1.54, 1.807) is 43.5 Å². The molecular weight excluding hydrogens is 394 g/mol. The first-order valence-corrected chi connectivity index (χ1v) is 9.44. The number of hydrogen-bond acceptors (Lipinski definition) is 4. The summed E-state index contributed by atoms with van der Waals surface area (Å²) >= 11 is 0. The number of aromatic carboxylic acids is 1. The van der Waals surface area contributed by atoms with Gasteiger partial charge in [0.1, 0.15) is 17.4 Å². The Morgan fingerprint density at radius 3 is 2.45 bits per heavy atom. The number of carbonyl (C=O) groups is 2. The minimum absolute atomic E-state index is 0.0460. The summed E-state index contributed by atoms with van der Waals surface area (Å²) in [5.41, 5.74) is 3.69. The Bertz CT molecular complexity index is 1210. The quantitative estimate of drug-likeness (QED) is 0.460. The SMILES string of the molecule is COc1ccc(NC(=O)C(C#N)=Cc2cc(C)n(-c3cccc(C(=O)O)c3)c2C)cc1. The van der Waals surface area contributed by atoms with Crippen molar-refractivity contribution in [2.75, 3.05) is 12.4 Å². The fourth-order valence-corrected chi connectivity index (χ4v) is 3.29. The second-order valence-electron chi connectivity index (χ2n) is 6.87. The first-order valence-electron chi connectivity index (χ1n) is 9.44. The number of aryl methyl sites for hydroxylation is 1. The van der Waals surface area contributed by atoms with Crippen molar-refractivity contribution in [3.05, 3.63) is 82.7 Å². The molecule has 2 N–H and O–H groups in total. The standard InChI is InChI=1S/C24H21N3O4/c1-15-11-18(16(2)27(15)21-6-4-5-17(13-21)24(29)30)12-19(14-25)23(28)26-20-7-9-22(31-3)10-8-20/h4-13H,1-3H3,(H,26,28)(H,29,30). The zero-order valence-corrected chi connectivity index (χ0v) is 17.3. The van der Waals surface area contributed by atoms with Crippen LogP contribution in [-0.2, 0) is 4.79 Å². The summed E-state index contributed by atoms with van der Waals surface area (Å²) in [6.45, 7) is 3.73. The number of carboxylic acid groups (broad SMARTS) is 1. The van der Waals surface area contributed by atoms with Crippen LogP contribution in [-0.4, -0.2) is 28.7 Å². The molecule has 31 heavy (non-hydrogen) atoms. The number of nitrogens with one attached hydrogen (secondary N) is 1. The maximum atomic E-state index is 12.6. The molecule has 0 aliphatic heterocycles. The Labute approximate surface area is 179 Å². The normalized spacial score (nSPS) is 11.0. The molecule has 1 aromatic heterocycles. The second-order valence-corrected chi connectivity index (χ2v) is 6.87. The molecule has 7 heteroatoms. The summed E-state index contributed by atoms with van der Waals surface area (Å²) in [5.74, 6) is -0.870. The van der Waals surface area contributed by atoms with Crippen molar-refractivity contribution in [2.24, 2.45) is 0 Å². The fourth-order valence-electron chi connectivity index (χ4n) is 3.29. The lowest BCUT2D eigenvalue weighted by Crippen LogP contribution is -2.13. The highest BCUT2D eigenvalue weighted by Gasteiger charge is 2.15. The van der Waals surface area contributed by atoms with Crippen LogP contribution in [0.4, 0.5) is 5.69 Å². The molecular formula is C24H21N3O4. The Morgan fingerprint density at radius 2 is 1.84 bits per heavy atom. The van der Waals surface area contributed by atoms with Crippen LogP contribution in [0.2, 0.25) is 0 Å². The van der Waals surface area contributed by atoms with Crippen molar-refractivity contribution in [2.45, 2.75) is 13.8 Å². The van der Waals surface area contributed by atoms with E-state index < -0.39 is 11.9 Å². The maximum absolute atomic E-state index is 12.6. The first kappa shape index (κ1) is 21.4. The molecule has 0 saturated carbocycles. The van der Waals surface area contributed by atoms with Crippen molar-refractivity contribution in [1.82, 2.24) is 4.57 Å². The molecule has 0 unspecified atom stereocenters. The van der Waals surface area contributed by atoms with Crippen LogP contribution in [0.25, 0.3) is 11.8 Å². The number of rotatable bonds is 6. The summed E-state index contributed by atoms with van der Waals surface area (Å²) in [6, 6.07) is 17.2. The third-order valence-corrected chi connectivity index (χ3v) is 4.83. The number of nitrogens with zero attached hydrogens (tertiary/aromatic N) is 2. The summed E-state index contributed by atoms with van der Waals surface area (Å²) in [7, 11) is 1.55. The topological polar surface area (TPSA) is 104 Å². The zero-order chi connectivity index (χ0) is 22.5. The number of anilines is 1. The van der Waals surface area contributed by atoms with Gasteiger partial charge in [0.15, 0.2) is 0 Å². The molecule has 0 aliphatic rings. The summed E-state index contributed by atoms with van der Waals surface area (Å²) in [5, 5.41) is 21.5. The van der Waals surface area contributed by atoms with Crippen LogP contribution < -0.4 is 10.1 Å². The first-order chi connectivity index (χ1) is 14.8. The van der Waals surface area contributed by atoms with Crippen LogP contribution in [0, 0.1) is 25.2 Å². The van der Waals surface area contributed by atoms with Crippen molar-refractivity contribution in [1.29, 1.82) is 5.26 Å². The van der Waals surface area contributed by atoms with E-state index in [9.17, 15) is 20.0 Å². The Balaban J connectivity index is 1.92. The summed E-state index contributed by atoms with van der Waals surface area (Å²) in [6.07, 6.45) is 1.53. The van der Waals surface area contributed by atoms with Gasteiger partial charge in [0.05, 0.1) is 12.7 Å². The third kappa shape index (κ3) is 4.65. The predicted molar refractivity (Wildman–Crippen MR) is 117 cm³/mol. The Hall–Kier alpha value is -4.31. The van der Waals surface area contributed by atoms with Gasteiger partial charge in [0, 0.05) is 22.8 Å². The third-order valence-electron chi connectivity index (χ3n) is 4.83. The number of methoxy groups -OCH3 is 1. The van der Waals surface area contributed by atoms with Gasteiger partial charge in [-0.1, -0.05) is 6.07 Å². The lowest BCUT2D eigenvalue weighted by atomic mass is 10.1. The van der Waals surface area contributed by atoms with Crippen LogP contribution in [0.3, 0.4) is 0 Å². The predicted octanol–water partition coefficient (Wildman–Crippen LogP) is 4.35. The van der Waals surface area contributed by atoms with Gasteiger partial charge < -0.3 is 19.7 Å². The zero-order valence-electron chi connectivity index (χ0n) is 17.3. The smallest absolute Gasteiger partial charge is 0.335 e. The number of ether oxygens (including phenoxy) is 1. The molecule has 7 nitrogen and oxygen atoms in total. The number of nitriles is 1. The number of amides is 1. The van der Waals surface area contributed by atoms with E-state index in [-0.39, 0.29) is 11.1 Å². The van der Waals surface area contributed by atoms with Gasteiger partial charge in [0.2, 0.25) is 0 Å². The molecule has 0 aliphatic carbocycles. The van der Waals surface area contributed by atoms with E-state index in [2.05, 4.69) is 5.32 Å². The van der Waals surface area contributed by atoms with Gasteiger partial charge in [-0.3, -0.25) is 4.79 Å². The second kappa shape index (κ2) is 9.01.